The van der Waals surface area contributed by atoms with Gasteiger partial charge < -0.3 is 11.1 Å². The molecule has 5 heteroatoms. The molecule has 0 saturated heterocycles. The van der Waals surface area contributed by atoms with Crippen LogP contribution in [0.25, 0.3) is 0 Å². The van der Waals surface area contributed by atoms with Crippen LogP contribution in [-0.2, 0) is 0 Å². The SMILES string of the molecule is Nc1cc(Cl)ccc1Nc1ccc(F)cc1Br. The van der Waals surface area contributed by atoms with E-state index in [4.69, 9.17) is 17.3 Å². The number of hydrogen-bond acceptors (Lipinski definition) is 2. The molecule has 2 rings (SSSR count). The van der Waals surface area contributed by atoms with E-state index < -0.39 is 0 Å². The van der Waals surface area contributed by atoms with Crippen molar-refractivity contribution in [1.82, 2.24) is 0 Å². The van der Waals surface area contributed by atoms with Gasteiger partial charge in [0.15, 0.2) is 0 Å². The molecule has 0 atom stereocenters. The summed E-state index contributed by atoms with van der Waals surface area (Å²) >= 11 is 9.08. The van der Waals surface area contributed by atoms with Crippen LogP contribution in [0.1, 0.15) is 0 Å². The number of nitrogens with one attached hydrogen (secondary N) is 1. The number of rotatable bonds is 2. The molecule has 0 aromatic heterocycles. The second-order valence-corrected chi connectivity index (χ2v) is 4.77. The molecule has 0 aliphatic carbocycles. The van der Waals surface area contributed by atoms with Gasteiger partial charge in [0.05, 0.1) is 17.1 Å². The Morgan fingerprint density at radius 3 is 2.47 bits per heavy atom. The number of halogens is 3. The minimum absolute atomic E-state index is 0.300. The van der Waals surface area contributed by atoms with Crippen molar-refractivity contribution < 1.29 is 4.39 Å². The lowest BCUT2D eigenvalue weighted by Crippen LogP contribution is -1.97. The Morgan fingerprint density at radius 1 is 1.12 bits per heavy atom. The molecule has 0 spiro atoms. The molecule has 0 fully saturated rings. The first-order chi connectivity index (χ1) is 8.06. The van der Waals surface area contributed by atoms with Gasteiger partial charge in [-0.1, -0.05) is 11.6 Å². The molecule has 0 amide bonds. The van der Waals surface area contributed by atoms with E-state index in [9.17, 15) is 4.39 Å². The maximum Gasteiger partial charge on any atom is 0.124 e. The van der Waals surface area contributed by atoms with E-state index in [0.29, 0.717) is 15.2 Å². The van der Waals surface area contributed by atoms with Crippen molar-refractivity contribution in [3.8, 4) is 0 Å². The fourth-order valence-corrected chi connectivity index (χ4v) is 2.01. The van der Waals surface area contributed by atoms with Gasteiger partial charge in [0.1, 0.15) is 5.82 Å². The highest BCUT2D eigenvalue weighted by molar-refractivity contribution is 9.10. The zero-order chi connectivity index (χ0) is 12.4. The van der Waals surface area contributed by atoms with Gasteiger partial charge in [-0.3, -0.25) is 0 Å². The Hall–Kier alpha value is -1.26. The fourth-order valence-electron chi connectivity index (χ4n) is 1.38. The summed E-state index contributed by atoms with van der Waals surface area (Å²) in [6.07, 6.45) is 0. The number of benzene rings is 2. The van der Waals surface area contributed by atoms with E-state index in [-0.39, 0.29) is 5.82 Å². The van der Waals surface area contributed by atoms with Crippen LogP contribution < -0.4 is 11.1 Å². The highest BCUT2D eigenvalue weighted by Gasteiger charge is 2.04. The van der Waals surface area contributed by atoms with Crippen molar-refractivity contribution in [3.05, 3.63) is 51.7 Å². The summed E-state index contributed by atoms with van der Waals surface area (Å²) in [5.74, 6) is -0.300. The topological polar surface area (TPSA) is 38.0 Å². The lowest BCUT2D eigenvalue weighted by atomic mass is 10.2. The average Bonchev–Trinajstić information content (AvgIpc) is 2.25. The van der Waals surface area contributed by atoms with Crippen LogP contribution >= 0.6 is 27.5 Å². The van der Waals surface area contributed by atoms with Crippen molar-refractivity contribution in [3.63, 3.8) is 0 Å². The molecule has 3 N–H and O–H groups in total. The van der Waals surface area contributed by atoms with E-state index in [0.717, 1.165) is 11.4 Å². The van der Waals surface area contributed by atoms with Crippen molar-refractivity contribution in [2.75, 3.05) is 11.1 Å². The molecular formula is C12H9BrClFN2. The summed E-state index contributed by atoms with van der Waals surface area (Å²) in [4.78, 5) is 0. The first kappa shape index (κ1) is 12.2. The Labute approximate surface area is 112 Å². The van der Waals surface area contributed by atoms with E-state index in [1.165, 1.54) is 12.1 Å². The molecule has 17 heavy (non-hydrogen) atoms. The van der Waals surface area contributed by atoms with Crippen LogP contribution in [0.4, 0.5) is 21.5 Å². The molecule has 2 aromatic rings. The Kier molecular flexibility index (Phi) is 3.54. The van der Waals surface area contributed by atoms with E-state index in [1.54, 1.807) is 24.3 Å². The van der Waals surface area contributed by atoms with Crippen molar-refractivity contribution >= 4 is 44.6 Å². The van der Waals surface area contributed by atoms with Crippen molar-refractivity contribution in [2.45, 2.75) is 0 Å². The van der Waals surface area contributed by atoms with E-state index in [1.807, 2.05) is 0 Å². The lowest BCUT2D eigenvalue weighted by molar-refractivity contribution is 0.627. The highest BCUT2D eigenvalue weighted by atomic mass is 79.9. The van der Waals surface area contributed by atoms with Crippen LogP contribution in [0, 0.1) is 5.82 Å². The monoisotopic (exact) mass is 314 g/mol. The zero-order valence-electron chi connectivity index (χ0n) is 8.68. The Balaban J connectivity index is 2.31. The predicted octanol–water partition coefficient (Wildman–Crippen LogP) is 4.57. The normalized spacial score (nSPS) is 10.3. The number of anilines is 3. The maximum atomic E-state index is 12.9. The Bertz CT molecular complexity index is 511. The van der Waals surface area contributed by atoms with Crippen LogP contribution in [0.3, 0.4) is 0 Å². The van der Waals surface area contributed by atoms with Gasteiger partial charge in [-0.05, 0) is 52.3 Å². The molecule has 0 saturated carbocycles. The summed E-state index contributed by atoms with van der Waals surface area (Å²) in [7, 11) is 0. The number of hydrogen-bond donors (Lipinski definition) is 2. The first-order valence-electron chi connectivity index (χ1n) is 4.83. The second-order valence-electron chi connectivity index (χ2n) is 3.48. The van der Waals surface area contributed by atoms with Gasteiger partial charge in [-0.25, -0.2) is 4.39 Å². The number of nitrogens with two attached hydrogens (primary N) is 1. The molecular weight excluding hydrogens is 307 g/mol. The molecule has 0 bridgehead atoms. The highest BCUT2D eigenvalue weighted by Crippen LogP contribution is 2.30. The minimum Gasteiger partial charge on any atom is -0.397 e. The Morgan fingerprint density at radius 2 is 1.82 bits per heavy atom. The molecule has 88 valence electrons. The van der Waals surface area contributed by atoms with Crippen LogP contribution in [-0.4, -0.2) is 0 Å². The van der Waals surface area contributed by atoms with Gasteiger partial charge in [-0.2, -0.15) is 0 Å². The van der Waals surface area contributed by atoms with Crippen LogP contribution in [0.15, 0.2) is 40.9 Å². The minimum atomic E-state index is -0.300. The molecule has 0 aliphatic heterocycles. The van der Waals surface area contributed by atoms with Gasteiger partial charge in [0.25, 0.3) is 0 Å². The molecule has 0 heterocycles. The third-order valence-corrected chi connectivity index (χ3v) is 3.11. The summed E-state index contributed by atoms with van der Waals surface area (Å²) in [5, 5.41) is 3.67. The maximum absolute atomic E-state index is 12.9. The van der Waals surface area contributed by atoms with Gasteiger partial charge in [0, 0.05) is 9.50 Å². The van der Waals surface area contributed by atoms with E-state index in [2.05, 4.69) is 21.2 Å². The standard InChI is InChI=1S/C12H9BrClFN2/c13-9-6-8(15)2-4-11(9)17-12-3-1-7(14)5-10(12)16/h1-6,17H,16H2. The smallest absolute Gasteiger partial charge is 0.124 e. The molecule has 0 unspecified atom stereocenters. The van der Waals surface area contributed by atoms with Crippen LogP contribution in [0.5, 0.6) is 0 Å². The summed E-state index contributed by atoms with van der Waals surface area (Å²) in [5.41, 5.74) is 7.81. The zero-order valence-corrected chi connectivity index (χ0v) is 11.0. The molecule has 0 aliphatic rings. The van der Waals surface area contributed by atoms with Crippen molar-refractivity contribution in [1.29, 1.82) is 0 Å². The fraction of sp³-hybridized carbons (Fsp3) is 0. The molecule has 0 radical (unpaired) electrons. The predicted molar refractivity (Wildman–Crippen MR) is 73.2 cm³/mol. The first-order valence-corrected chi connectivity index (χ1v) is 6.00. The summed E-state index contributed by atoms with van der Waals surface area (Å²) < 4.78 is 13.5. The molecule has 2 nitrogen and oxygen atoms in total. The third kappa shape index (κ3) is 2.90. The summed E-state index contributed by atoms with van der Waals surface area (Å²) in [6, 6.07) is 9.55. The molecule has 2 aromatic carbocycles. The number of nitrogen functional groups attached to an aromatic ring is 1. The van der Waals surface area contributed by atoms with Gasteiger partial charge in [-0.15, -0.1) is 0 Å². The quantitative estimate of drug-likeness (QED) is 0.797. The van der Waals surface area contributed by atoms with Crippen molar-refractivity contribution in [2.24, 2.45) is 0 Å². The third-order valence-electron chi connectivity index (χ3n) is 2.21. The average molecular weight is 316 g/mol. The largest absolute Gasteiger partial charge is 0.397 e. The second kappa shape index (κ2) is 4.94. The van der Waals surface area contributed by atoms with E-state index >= 15 is 0 Å². The van der Waals surface area contributed by atoms with Gasteiger partial charge >= 0.3 is 0 Å². The summed E-state index contributed by atoms with van der Waals surface area (Å²) in [6.45, 7) is 0. The van der Waals surface area contributed by atoms with Gasteiger partial charge in [0.2, 0.25) is 0 Å². The lowest BCUT2D eigenvalue weighted by Gasteiger charge is -2.11. The van der Waals surface area contributed by atoms with Crippen LogP contribution in [0.2, 0.25) is 5.02 Å².